The highest BCUT2D eigenvalue weighted by molar-refractivity contribution is 9.18. The van der Waals surface area contributed by atoms with E-state index in [1.165, 1.54) is 6.92 Å². The Labute approximate surface area is 148 Å². The summed E-state index contributed by atoms with van der Waals surface area (Å²) in [7, 11) is 0. The third kappa shape index (κ3) is 7.16. The summed E-state index contributed by atoms with van der Waals surface area (Å²) in [5.41, 5.74) is -0.697. The second-order valence-corrected chi connectivity index (χ2v) is 7.32. The second kappa shape index (κ2) is 8.32. The molecule has 24 heavy (non-hydrogen) atoms. The fourth-order valence-electron chi connectivity index (χ4n) is 1.85. The van der Waals surface area contributed by atoms with Gasteiger partial charge in [0.2, 0.25) is 5.91 Å². The van der Waals surface area contributed by atoms with Crippen molar-refractivity contribution in [3.63, 3.8) is 0 Å². The zero-order valence-corrected chi connectivity index (χ0v) is 15.5. The Morgan fingerprint density at radius 1 is 1.42 bits per heavy atom. The fraction of sp³-hybridized carbons (Fsp3) is 0.714. The van der Waals surface area contributed by atoms with Crippen molar-refractivity contribution < 1.29 is 29.1 Å². The van der Waals surface area contributed by atoms with E-state index in [1.54, 1.807) is 20.8 Å². The van der Waals surface area contributed by atoms with Crippen LogP contribution in [-0.4, -0.2) is 51.5 Å². The number of carboxylic acids is 1. The first kappa shape index (κ1) is 20.2. The van der Waals surface area contributed by atoms with Gasteiger partial charge in [-0.2, -0.15) is 0 Å². The minimum atomic E-state index is -1.19. The Balaban J connectivity index is 2.52. The quantitative estimate of drug-likeness (QED) is 0.609. The number of carbonyl (C=O) groups is 3. The average molecular weight is 408 g/mol. The predicted molar refractivity (Wildman–Crippen MR) is 88.9 cm³/mol. The van der Waals surface area contributed by atoms with E-state index in [9.17, 15) is 19.5 Å². The van der Waals surface area contributed by atoms with Crippen LogP contribution >= 0.6 is 15.9 Å². The molecule has 1 aliphatic heterocycles. The summed E-state index contributed by atoms with van der Waals surface area (Å²) in [6.07, 6.45) is -0.701. The molecule has 10 heteroatoms. The first-order chi connectivity index (χ1) is 11.0. The fourth-order valence-corrected chi connectivity index (χ4v) is 2.30. The van der Waals surface area contributed by atoms with Gasteiger partial charge in [-0.25, -0.2) is 9.59 Å². The van der Waals surface area contributed by atoms with Crippen molar-refractivity contribution in [3.8, 4) is 0 Å². The molecule has 1 aliphatic rings. The average Bonchev–Trinajstić information content (AvgIpc) is 2.80. The summed E-state index contributed by atoms with van der Waals surface area (Å²) < 4.78 is 5.63. The molecular weight excluding hydrogens is 386 g/mol. The van der Waals surface area contributed by atoms with Crippen molar-refractivity contribution in [1.82, 2.24) is 10.6 Å². The number of amides is 2. The van der Waals surface area contributed by atoms with E-state index < -0.39 is 41.8 Å². The highest BCUT2D eigenvalue weighted by Crippen LogP contribution is 2.18. The SMILES string of the molecule is C[C@H](NC(=O)OC(C)(C)C)C(=O)N[C@@H](CC1CC(Br)=NO1)C(=O)O. The van der Waals surface area contributed by atoms with E-state index >= 15 is 0 Å². The van der Waals surface area contributed by atoms with Crippen molar-refractivity contribution in [2.45, 2.75) is 64.3 Å². The summed E-state index contributed by atoms with van der Waals surface area (Å²) >= 11 is 3.16. The number of carboxylic acid groups (broad SMARTS) is 1. The first-order valence-electron chi connectivity index (χ1n) is 7.39. The Morgan fingerprint density at radius 2 is 2.04 bits per heavy atom. The summed E-state index contributed by atoms with van der Waals surface area (Å²) in [4.78, 5) is 40.1. The van der Waals surface area contributed by atoms with Crippen LogP contribution in [0.1, 0.15) is 40.5 Å². The van der Waals surface area contributed by atoms with Crippen molar-refractivity contribution in [2.75, 3.05) is 0 Å². The van der Waals surface area contributed by atoms with Crippen LogP contribution < -0.4 is 10.6 Å². The van der Waals surface area contributed by atoms with Gasteiger partial charge in [-0.1, -0.05) is 5.16 Å². The molecule has 3 atom stereocenters. The molecule has 0 aromatic heterocycles. The van der Waals surface area contributed by atoms with Crippen LogP contribution in [-0.2, 0) is 19.2 Å². The smallest absolute Gasteiger partial charge is 0.408 e. The zero-order valence-electron chi connectivity index (χ0n) is 14.0. The van der Waals surface area contributed by atoms with Gasteiger partial charge >= 0.3 is 12.1 Å². The number of ether oxygens (including phenoxy) is 1. The maximum Gasteiger partial charge on any atom is 0.408 e. The molecule has 1 rings (SSSR count). The lowest BCUT2D eigenvalue weighted by Gasteiger charge is -2.23. The van der Waals surface area contributed by atoms with Gasteiger partial charge in [0, 0.05) is 12.8 Å². The number of nitrogens with zero attached hydrogens (tertiary/aromatic N) is 1. The van der Waals surface area contributed by atoms with E-state index in [-0.39, 0.29) is 6.42 Å². The van der Waals surface area contributed by atoms with E-state index in [0.717, 1.165) is 0 Å². The maximum absolute atomic E-state index is 12.1. The van der Waals surface area contributed by atoms with Gasteiger partial charge in [0.05, 0.1) is 0 Å². The highest BCUT2D eigenvalue weighted by Gasteiger charge is 2.30. The summed E-state index contributed by atoms with van der Waals surface area (Å²) in [5, 5.41) is 17.6. The Hall–Kier alpha value is -1.84. The number of halogens is 1. The van der Waals surface area contributed by atoms with Crippen LogP contribution in [0.25, 0.3) is 0 Å². The molecule has 0 aliphatic carbocycles. The lowest BCUT2D eigenvalue weighted by Crippen LogP contribution is -2.51. The van der Waals surface area contributed by atoms with Crippen LogP contribution in [0.2, 0.25) is 0 Å². The molecule has 0 fully saturated rings. The Morgan fingerprint density at radius 3 is 2.50 bits per heavy atom. The number of aliphatic carboxylic acids is 1. The highest BCUT2D eigenvalue weighted by atomic mass is 79.9. The zero-order chi connectivity index (χ0) is 18.5. The number of hydrogen-bond acceptors (Lipinski definition) is 6. The predicted octanol–water partition coefficient (Wildman–Crippen LogP) is 1.36. The van der Waals surface area contributed by atoms with E-state index in [4.69, 9.17) is 9.57 Å². The van der Waals surface area contributed by atoms with Gasteiger partial charge in [-0.15, -0.1) is 0 Å². The van der Waals surface area contributed by atoms with Gasteiger partial charge in [-0.05, 0) is 43.6 Å². The van der Waals surface area contributed by atoms with Crippen LogP contribution in [0.3, 0.4) is 0 Å². The molecule has 3 N–H and O–H groups in total. The van der Waals surface area contributed by atoms with Gasteiger partial charge in [0.25, 0.3) is 0 Å². The standard InChI is InChI=1S/C14H22BrN3O6/c1-7(16-13(22)23-14(2,3)4)11(19)17-9(12(20)21)5-8-6-10(15)18-24-8/h7-9H,5-6H2,1-4H3,(H,16,22)(H,17,19)(H,20,21)/t7-,8?,9-/m0/s1. The minimum absolute atomic E-state index is 0.0544. The normalized spacial score (nSPS) is 19.5. The van der Waals surface area contributed by atoms with E-state index in [2.05, 4.69) is 31.7 Å². The number of oxime groups is 1. The number of hydrogen-bond donors (Lipinski definition) is 3. The molecule has 0 saturated heterocycles. The molecule has 0 aromatic rings. The van der Waals surface area contributed by atoms with Gasteiger partial charge < -0.3 is 25.3 Å². The molecule has 1 unspecified atom stereocenters. The number of nitrogens with one attached hydrogen (secondary N) is 2. The molecule has 2 amide bonds. The largest absolute Gasteiger partial charge is 0.480 e. The molecule has 9 nitrogen and oxygen atoms in total. The van der Waals surface area contributed by atoms with Crippen LogP contribution in [0.4, 0.5) is 4.79 Å². The van der Waals surface area contributed by atoms with Crippen LogP contribution in [0.5, 0.6) is 0 Å². The van der Waals surface area contributed by atoms with E-state index in [0.29, 0.717) is 11.0 Å². The third-order valence-electron chi connectivity index (χ3n) is 2.94. The second-order valence-electron chi connectivity index (χ2n) is 6.40. The van der Waals surface area contributed by atoms with Crippen LogP contribution in [0, 0.1) is 0 Å². The molecular formula is C14H22BrN3O6. The third-order valence-corrected chi connectivity index (χ3v) is 3.41. The topological polar surface area (TPSA) is 126 Å². The van der Waals surface area contributed by atoms with Crippen molar-refractivity contribution in [1.29, 1.82) is 0 Å². The van der Waals surface area contributed by atoms with E-state index in [1.807, 2.05) is 0 Å². The summed E-state index contributed by atoms with van der Waals surface area (Å²) in [6, 6.07) is -2.10. The van der Waals surface area contributed by atoms with Crippen molar-refractivity contribution >= 4 is 38.5 Å². The lowest BCUT2D eigenvalue weighted by atomic mass is 10.1. The first-order valence-corrected chi connectivity index (χ1v) is 8.18. The Bertz CT molecular complexity index is 531. The molecule has 0 aromatic carbocycles. The molecule has 136 valence electrons. The Kier molecular flexibility index (Phi) is 7.00. The molecule has 0 bridgehead atoms. The maximum atomic E-state index is 12.1. The molecule has 1 heterocycles. The van der Waals surface area contributed by atoms with Gasteiger partial charge in [0.15, 0.2) is 0 Å². The van der Waals surface area contributed by atoms with Gasteiger partial charge in [0.1, 0.15) is 28.4 Å². The number of carbonyl (C=O) groups excluding carboxylic acids is 2. The number of rotatable bonds is 6. The van der Waals surface area contributed by atoms with Crippen molar-refractivity contribution in [2.24, 2.45) is 5.16 Å². The minimum Gasteiger partial charge on any atom is -0.480 e. The molecule has 0 saturated carbocycles. The van der Waals surface area contributed by atoms with Crippen LogP contribution in [0.15, 0.2) is 5.16 Å². The monoisotopic (exact) mass is 407 g/mol. The summed E-state index contributed by atoms with van der Waals surface area (Å²) in [5.74, 6) is -1.83. The van der Waals surface area contributed by atoms with Gasteiger partial charge in [-0.3, -0.25) is 4.79 Å². The van der Waals surface area contributed by atoms with Crippen molar-refractivity contribution in [3.05, 3.63) is 0 Å². The molecule has 0 spiro atoms. The molecule has 0 radical (unpaired) electrons. The number of alkyl carbamates (subject to hydrolysis) is 1. The summed E-state index contributed by atoms with van der Waals surface area (Å²) in [6.45, 7) is 6.52. The lowest BCUT2D eigenvalue weighted by molar-refractivity contribution is -0.143.